The number of fused-ring (bicyclic) bond motifs is 1. The van der Waals surface area contributed by atoms with Gasteiger partial charge in [0.1, 0.15) is 11.6 Å². The Kier molecular flexibility index (Phi) is 6.16. The third-order valence-corrected chi connectivity index (χ3v) is 8.44. The number of nitrogens with zero attached hydrogens (tertiary/aromatic N) is 8. The molecule has 1 fully saturated rings. The minimum absolute atomic E-state index is 0.0557. The van der Waals surface area contributed by atoms with Gasteiger partial charge in [-0.25, -0.2) is 33.3 Å². The summed E-state index contributed by atoms with van der Waals surface area (Å²) in [5.41, 5.74) is 2.69. The smallest absolute Gasteiger partial charge is 0.211 e. The molecule has 2 aliphatic heterocycles. The van der Waals surface area contributed by atoms with Crippen LogP contribution < -0.4 is 9.80 Å². The van der Waals surface area contributed by atoms with Crippen LogP contribution in [-0.2, 0) is 16.4 Å². The Balaban J connectivity index is 1.40. The van der Waals surface area contributed by atoms with E-state index in [-0.39, 0.29) is 6.04 Å². The predicted octanol–water partition coefficient (Wildman–Crippen LogP) is 2.62. The molecule has 0 N–H and O–H groups in total. The second-order valence-electron chi connectivity index (χ2n) is 10.2. The van der Waals surface area contributed by atoms with Gasteiger partial charge in [0.25, 0.3) is 0 Å². The van der Waals surface area contributed by atoms with Crippen molar-refractivity contribution >= 4 is 21.7 Å². The van der Waals surface area contributed by atoms with Gasteiger partial charge < -0.3 is 9.80 Å². The fourth-order valence-corrected chi connectivity index (χ4v) is 6.66. The van der Waals surface area contributed by atoms with Crippen LogP contribution in [0.25, 0.3) is 11.6 Å². The van der Waals surface area contributed by atoms with Gasteiger partial charge in [0, 0.05) is 62.3 Å². The highest BCUT2D eigenvalue weighted by Gasteiger charge is 2.39. The van der Waals surface area contributed by atoms with E-state index < -0.39 is 15.6 Å². The van der Waals surface area contributed by atoms with Gasteiger partial charge >= 0.3 is 0 Å². The standard InChI is InChI=1S/C25H32N8O2S/c1-17-13-21(31-11-12-33(36(5,34)35)25(3,4)16-31)30-22(14-17)32-10-7-20-19(18(32)2)15-28-24(29-20)23-26-8-6-9-27-23/h6,8-9,13-15,18H,7,10-12,16H2,1-5H3. The van der Waals surface area contributed by atoms with E-state index in [9.17, 15) is 8.42 Å². The summed E-state index contributed by atoms with van der Waals surface area (Å²) < 4.78 is 26.1. The highest BCUT2D eigenvalue weighted by Crippen LogP contribution is 2.34. The minimum atomic E-state index is -3.27. The first-order valence-electron chi connectivity index (χ1n) is 12.1. The van der Waals surface area contributed by atoms with Crippen LogP contribution in [0.5, 0.6) is 0 Å². The van der Waals surface area contributed by atoms with E-state index >= 15 is 0 Å². The normalized spacial score (nSPS) is 20.3. The number of aryl methyl sites for hydroxylation is 1. The number of pyridine rings is 1. The third-order valence-electron chi connectivity index (χ3n) is 6.96. The van der Waals surface area contributed by atoms with Crippen LogP contribution in [0.1, 0.15) is 43.6 Å². The molecule has 5 rings (SSSR count). The summed E-state index contributed by atoms with van der Waals surface area (Å²) >= 11 is 0. The molecule has 1 unspecified atom stereocenters. The SMILES string of the molecule is Cc1cc(N2CCN(S(C)(=O)=O)C(C)(C)C2)nc(N2CCc3nc(-c4ncccn4)ncc3C2C)c1. The molecule has 36 heavy (non-hydrogen) atoms. The number of piperazine rings is 1. The summed E-state index contributed by atoms with van der Waals surface area (Å²) in [4.78, 5) is 27.4. The molecule has 0 aliphatic carbocycles. The lowest BCUT2D eigenvalue weighted by atomic mass is 9.99. The van der Waals surface area contributed by atoms with Crippen LogP contribution in [0.4, 0.5) is 11.6 Å². The van der Waals surface area contributed by atoms with Crippen LogP contribution in [0.3, 0.4) is 0 Å². The summed E-state index contributed by atoms with van der Waals surface area (Å²) in [6, 6.07) is 6.01. The van der Waals surface area contributed by atoms with Gasteiger partial charge in [0.15, 0.2) is 11.6 Å². The molecule has 2 aliphatic rings. The number of hydrogen-bond acceptors (Lipinski definition) is 9. The van der Waals surface area contributed by atoms with E-state index in [0.29, 0.717) is 31.3 Å². The molecular weight excluding hydrogens is 476 g/mol. The molecule has 0 saturated carbocycles. The van der Waals surface area contributed by atoms with Gasteiger partial charge in [-0.15, -0.1) is 0 Å². The van der Waals surface area contributed by atoms with Gasteiger partial charge in [-0.3, -0.25) is 0 Å². The maximum absolute atomic E-state index is 12.3. The molecule has 11 heteroatoms. The first-order valence-corrected chi connectivity index (χ1v) is 14.0. The Morgan fingerprint density at radius 3 is 2.39 bits per heavy atom. The van der Waals surface area contributed by atoms with E-state index in [2.05, 4.69) is 50.7 Å². The van der Waals surface area contributed by atoms with Crippen LogP contribution >= 0.6 is 0 Å². The minimum Gasteiger partial charge on any atom is -0.353 e. The Morgan fingerprint density at radius 1 is 0.972 bits per heavy atom. The average molecular weight is 509 g/mol. The van der Waals surface area contributed by atoms with Crippen LogP contribution in [0, 0.1) is 6.92 Å². The second kappa shape index (κ2) is 9.04. The van der Waals surface area contributed by atoms with Gasteiger partial charge in [-0.05, 0) is 51.5 Å². The third kappa shape index (κ3) is 4.64. The number of anilines is 2. The molecule has 0 spiro atoms. The van der Waals surface area contributed by atoms with Crippen molar-refractivity contribution in [1.82, 2.24) is 29.2 Å². The molecule has 0 aromatic carbocycles. The largest absolute Gasteiger partial charge is 0.353 e. The quantitative estimate of drug-likeness (QED) is 0.525. The molecule has 0 radical (unpaired) electrons. The number of sulfonamides is 1. The highest BCUT2D eigenvalue weighted by molar-refractivity contribution is 7.88. The van der Waals surface area contributed by atoms with Gasteiger partial charge in [0.2, 0.25) is 10.0 Å². The average Bonchev–Trinajstić information content (AvgIpc) is 2.82. The van der Waals surface area contributed by atoms with Crippen molar-refractivity contribution in [2.24, 2.45) is 0 Å². The molecule has 0 amide bonds. The Bertz CT molecular complexity index is 1380. The van der Waals surface area contributed by atoms with Crippen LogP contribution in [0.15, 0.2) is 36.8 Å². The van der Waals surface area contributed by atoms with Gasteiger partial charge in [-0.2, -0.15) is 4.31 Å². The zero-order valence-electron chi connectivity index (χ0n) is 21.4. The van der Waals surface area contributed by atoms with Crippen molar-refractivity contribution < 1.29 is 8.42 Å². The summed E-state index contributed by atoms with van der Waals surface area (Å²) in [6.45, 7) is 10.6. The lowest BCUT2D eigenvalue weighted by molar-refractivity contribution is 0.206. The maximum atomic E-state index is 12.3. The lowest BCUT2D eigenvalue weighted by Gasteiger charge is -2.46. The summed E-state index contributed by atoms with van der Waals surface area (Å²) in [5, 5.41) is 0. The predicted molar refractivity (Wildman–Crippen MR) is 139 cm³/mol. The highest BCUT2D eigenvalue weighted by atomic mass is 32.2. The Hall–Kier alpha value is -3.18. The van der Waals surface area contributed by atoms with E-state index in [1.807, 2.05) is 20.0 Å². The molecule has 3 aromatic heterocycles. The molecule has 190 valence electrons. The summed E-state index contributed by atoms with van der Waals surface area (Å²) in [5.74, 6) is 2.85. The summed E-state index contributed by atoms with van der Waals surface area (Å²) in [6.07, 6.45) is 7.32. The van der Waals surface area contributed by atoms with E-state index in [0.717, 1.165) is 41.4 Å². The molecule has 3 aromatic rings. The molecule has 1 atom stereocenters. The topological polar surface area (TPSA) is 108 Å². The van der Waals surface area contributed by atoms with Gasteiger partial charge in [-0.1, -0.05) is 0 Å². The second-order valence-corrected chi connectivity index (χ2v) is 12.1. The molecule has 0 bridgehead atoms. The van der Waals surface area contributed by atoms with Crippen LogP contribution in [0.2, 0.25) is 0 Å². The van der Waals surface area contributed by atoms with Crippen molar-refractivity contribution in [2.75, 3.05) is 42.2 Å². The van der Waals surface area contributed by atoms with Crippen molar-refractivity contribution in [2.45, 2.75) is 45.7 Å². The fourth-order valence-electron chi connectivity index (χ4n) is 5.29. The van der Waals surface area contributed by atoms with Crippen molar-refractivity contribution in [3.63, 3.8) is 0 Å². The monoisotopic (exact) mass is 508 g/mol. The van der Waals surface area contributed by atoms with Crippen molar-refractivity contribution in [1.29, 1.82) is 0 Å². The fraction of sp³-hybridized carbons (Fsp3) is 0.480. The van der Waals surface area contributed by atoms with E-state index in [4.69, 9.17) is 9.97 Å². The van der Waals surface area contributed by atoms with E-state index in [1.165, 1.54) is 6.26 Å². The molecular formula is C25H32N8O2S. The Labute approximate surface area is 212 Å². The van der Waals surface area contributed by atoms with Crippen molar-refractivity contribution in [3.05, 3.63) is 53.6 Å². The molecule has 5 heterocycles. The van der Waals surface area contributed by atoms with Crippen LogP contribution in [-0.4, -0.2) is 75.6 Å². The first kappa shape index (κ1) is 24.5. The molecule has 1 saturated heterocycles. The Morgan fingerprint density at radius 2 is 1.69 bits per heavy atom. The van der Waals surface area contributed by atoms with Gasteiger partial charge in [0.05, 0.1) is 18.0 Å². The lowest BCUT2D eigenvalue weighted by Crippen LogP contribution is -2.61. The number of rotatable bonds is 4. The van der Waals surface area contributed by atoms with E-state index in [1.54, 1.807) is 22.8 Å². The number of aromatic nitrogens is 5. The molecule has 10 nitrogen and oxygen atoms in total. The first-order chi connectivity index (χ1) is 17.0. The zero-order valence-corrected chi connectivity index (χ0v) is 22.2. The maximum Gasteiger partial charge on any atom is 0.211 e. The summed E-state index contributed by atoms with van der Waals surface area (Å²) in [7, 11) is -3.27. The zero-order chi connectivity index (χ0) is 25.7. The number of hydrogen-bond donors (Lipinski definition) is 0. The van der Waals surface area contributed by atoms with Crippen molar-refractivity contribution in [3.8, 4) is 11.6 Å².